The molecule has 0 bridgehead atoms. The molecule has 1 fully saturated rings. The van der Waals surface area contributed by atoms with Crippen LogP contribution in [0.15, 0.2) is 42.5 Å². The van der Waals surface area contributed by atoms with Gasteiger partial charge in [0.15, 0.2) is 5.69 Å². The Kier molecular flexibility index (Phi) is 8.54. The van der Waals surface area contributed by atoms with Crippen molar-refractivity contribution in [1.29, 1.82) is 0 Å². The molecule has 0 spiro atoms. The highest BCUT2D eigenvalue weighted by atomic mass is 35.5. The zero-order chi connectivity index (χ0) is 26.4. The van der Waals surface area contributed by atoms with Gasteiger partial charge < -0.3 is 14.5 Å². The number of piperidine rings is 1. The van der Waals surface area contributed by atoms with Crippen molar-refractivity contribution in [2.75, 3.05) is 26.8 Å². The first kappa shape index (κ1) is 26.3. The van der Waals surface area contributed by atoms with Gasteiger partial charge in [-0.25, -0.2) is 4.98 Å². The maximum absolute atomic E-state index is 13.5. The van der Waals surface area contributed by atoms with E-state index in [4.69, 9.17) is 32.9 Å². The lowest BCUT2D eigenvalue weighted by Crippen LogP contribution is -2.36. The number of amides is 1. The molecule has 1 aromatic heterocycles. The van der Waals surface area contributed by atoms with Crippen LogP contribution in [-0.4, -0.2) is 52.3 Å². The van der Waals surface area contributed by atoms with E-state index in [-0.39, 0.29) is 24.6 Å². The number of methoxy groups -OCH3 is 1. The fourth-order valence-corrected chi connectivity index (χ4v) is 4.59. The molecule has 3 aromatic rings. The van der Waals surface area contributed by atoms with Crippen LogP contribution in [0.5, 0.6) is 5.88 Å². The van der Waals surface area contributed by atoms with E-state index in [2.05, 4.69) is 16.7 Å². The minimum absolute atomic E-state index is 0.0939. The van der Waals surface area contributed by atoms with Crippen LogP contribution in [-0.2, 0) is 4.84 Å². The molecule has 9 nitrogen and oxygen atoms in total. The van der Waals surface area contributed by atoms with Crippen molar-refractivity contribution in [2.24, 2.45) is 0 Å². The van der Waals surface area contributed by atoms with E-state index >= 15 is 0 Å². The average Bonchev–Trinajstić information content (AvgIpc) is 3.28. The second-order valence-electron chi connectivity index (χ2n) is 8.26. The lowest BCUT2D eigenvalue weighted by atomic mass is 10.1. The van der Waals surface area contributed by atoms with Crippen LogP contribution in [0.3, 0.4) is 0 Å². The van der Waals surface area contributed by atoms with Crippen LogP contribution in [0.2, 0.25) is 10.0 Å². The standard InChI is InChI=1S/C26H24Cl2N4O5/c1-36-26-23(25(33)30-14-4-2-5-15-30)29-24(21-13-10-19(27)17-22(21)28)31(26)20-11-8-18(9-12-20)7-3-6-16-37-32(34)35/h8-13,17H,2,4-6,14-16H2,1H3. The largest absolute Gasteiger partial charge is 0.480 e. The molecule has 0 radical (unpaired) electrons. The highest BCUT2D eigenvalue weighted by molar-refractivity contribution is 6.36. The van der Waals surface area contributed by atoms with Gasteiger partial charge in [0.2, 0.25) is 5.88 Å². The predicted molar refractivity (Wildman–Crippen MR) is 140 cm³/mol. The van der Waals surface area contributed by atoms with Gasteiger partial charge in [-0.15, -0.1) is 10.1 Å². The third-order valence-electron chi connectivity index (χ3n) is 5.83. The molecule has 0 N–H and O–H groups in total. The van der Waals surface area contributed by atoms with Crippen molar-refractivity contribution >= 4 is 29.1 Å². The lowest BCUT2D eigenvalue weighted by molar-refractivity contribution is -0.757. The number of carbonyl (C=O) groups excluding carboxylic acids is 1. The van der Waals surface area contributed by atoms with Crippen molar-refractivity contribution in [3.8, 4) is 34.8 Å². The third-order valence-corrected chi connectivity index (χ3v) is 6.38. The molecule has 2 aromatic carbocycles. The summed E-state index contributed by atoms with van der Waals surface area (Å²) in [6.45, 7) is 1.25. The van der Waals surface area contributed by atoms with Crippen LogP contribution in [0, 0.1) is 22.0 Å². The minimum atomic E-state index is -0.843. The second-order valence-corrected chi connectivity index (χ2v) is 9.10. The third kappa shape index (κ3) is 6.16. The van der Waals surface area contributed by atoms with Gasteiger partial charge in [-0.2, -0.15) is 0 Å². The highest BCUT2D eigenvalue weighted by Gasteiger charge is 2.30. The summed E-state index contributed by atoms with van der Waals surface area (Å²) < 4.78 is 7.48. The summed E-state index contributed by atoms with van der Waals surface area (Å²) in [6, 6.07) is 12.3. The Morgan fingerprint density at radius 1 is 1.14 bits per heavy atom. The maximum Gasteiger partial charge on any atom is 0.294 e. The van der Waals surface area contributed by atoms with Gasteiger partial charge in [-0.05, 0) is 61.7 Å². The van der Waals surface area contributed by atoms with Gasteiger partial charge in [0.1, 0.15) is 12.4 Å². The maximum atomic E-state index is 13.5. The zero-order valence-electron chi connectivity index (χ0n) is 20.1. The average molecular weight is 543 g/mol. The van der Waals surface area contributed by atoms with E-state index < -0.39 is 5.09 Å². The van der Waals surface area contributed by atoms with Crippen LogP contribution < -0.4 is 4.74 Å². The molecule has 4 rings (SSSR count). The van der Waals surface area contributed by atoms with Gasteiger partial charge in [-0.3, -0.25) is 9.36 Å². The van der Waals surface area contributed by atoms with Gasteiger partial charge in [0.25, 0.3) is 11.0 Å². The molecule has 0 saturated carbocycles. The molecule has 1 aliphatic rings. The fraction of sp³-hybridized carbons (Fsp3) is 0.308. The smallest absolute Gasteiger partial charge is 0.294 e. The Hall–Kier alpha value is -3.74. The fourth-order valence-electron chi connectivity index (χ4n) is 4.10. The summed E-state index contributed by atoms with van der Waals surface area (Å²) >= 11 is 12.7. The number of likely N-dealkylation sites (tertiary alicyclic amines) is 1. The first-order chi connectivity index (χ1) is 17.9. The number of aromatic nitrogens is 2. The number of imidazole rings is 1. The molecule has 1 aliphatic heterocycles. The summed E-state index contributed by atoms with van der Waals surface area (Å²) in [6.07, 6.45) is 3.22. The van der Waals surface area contributed by atoms with E-state index in [1.165, 1.54) is 7.11 Å². The monoisotopic (exact) mass is 542 g/mol. The summed E-state index contributed by atoms with van der Waals surface area (Å²) in [7, 11) is 1.50. The number of ether oxygens (including phenoxy) is 1. The molecule has 1 saturated heterocycles. The number of benzene rings is 2. The zero-order valence-corrected chi connectivity index (χ0v) is 21.6. The van der Waals surface area contributed by atoms with E-state index in [1.54, 1.807) is 39.8 Å². The van der Waals surface area contributed by atoms with Crippen molar-refractivity contribution in [3.63, 3.8) is 0 Å². The molecule has 0 aliphatic carbocycles. The number of rotatable bonds is 7. The summed E-state index contributed by atoms with van der Waals surface area (Å²) in [5.74, 6) is 6.33. The summed E-state index contributed by atoms with van der Waals surface area (Å²) in [4.78, 5) is 34.5. The van der Waals surface area contributed by atoms with Gasteiger partial charge in [0, 0.05) is 35.7 Å². The Morgan fingerprint density at radius 2 is 1.86 bits per heavy atom. The van der Waals surface area contributed by atoms with E-state index in [1.807, 2.05) is 12.1 Å². The quantitative estimate of drug-likeness (QED) is 0.171. The molecule has 0 unspecified atom stereocenters. The second kappa shape index (κ2) is 12.0. The molecular formula is C26H24Cl2N4O5. The Morgan fingerprint density at radius 3 is 2.51 bits per heavy atom. The number of carbonyl (C=O) groups is 1. The number of hydrogen-bond donors (Lipinski definition) is 0. The molecule has 37 heavy (non-hydrogen) atoms. The van der Waals surface area contributed by atoms with E-state index in [0.717, 1.165) is 19.3 Å². The van der Waals surface area contributed by atoms with Gasteiger partial charge in [0.05, 0.1) is 17.8 Å². The summed E-state index contributed by atoms with van der Waals surface area (Å²) in [5, 5.41) is 10.3. The van der Waals surface area contributed by atoms with Crippen molar-refractivity contribution < 1.29 is 19.5 Å². The number of hydrogen-bond acceptors (Lipinski definition) is 6. The van der Waals surface area contributed by atoms with Crippen molar-refractivity contribution in [3.05, 3.63) is 73.9 Å². The minimum Gasteiger partial charge on any atom is -0.480 e. The molecule has 1 amide bonds. The first-order valence-corrected chi connectivity index (χ1v) is 12.4. The Balaban J connectivity index is 1.74. The normalized spacial score (nSPS) is 13.0. The molecule has 2 heterocycles. The topological polar surface area (TPSA) is 99.7 Å². The van der Waals surface area contributed by atoms with Crippen molar-refractivity contribution in [1.82, 2.24) is 14.5 Å². The number of halogens is 2. The SMILES string of the molecule is COc1c(C(=O)N2CCCCC2)nc(-c2ccc(Cl)cc2Cl)n1-c1ccc(C#CCCO[N+](=O)[O-])cc1. The van der Waals surface area contributed by atoms with E-state index in [9.17, 15) is 14.9 Å². The Bertz CT molecular complexity index is 1360. The number of nitrogens with zero attached hydrogens (tertiary/aromatic N) is 4. The first-order valence-electron chi connectivity index (χ1n) is 11.7. The molecule has 11 heteroatoms. The Labute approximate surface area is 224 Å². The van der Waals surface area contributed by atoms with Crippen molar-refractivity contribution in [2.45, 2.75) is 25.7 Å². The van der Waals surface area contributed by atoms with Crippen LogP contribution in [0.4, 0.5) is 0 Å². The summed E-state index contributed by atoms with van der Waals surface area (Å²) in [5.41, 5.74) is 2.20. The molecule has 192 valence electrons. The highest BCUT2D eigenvalue weighted by Crippen LogP contribution is 2.37. The lowest BCUT2D eigenvalue weighted by Gasteiger charge is -2.26. The van der Waals surface area contributed by atoms with Crippen LogP contribution in [0.1, 0.15) is 41.7 Å². The predicted octanol–water partition coefficient (Wildman–Crippen LogP) is 5.43. The van der Waals surface area contributed by atoms with Crippen LogP contribution >= 0.6 is 23.2 Å². The van der Waals surface area contributed by atoms with Gasteiger partial charge >= 0.3 is 0 Å². The van der Waals surface area contributed by atoms with Crippen LogP contribution in [0.25, 0.3) is 17.1 Å². The molecule has 0 atom stereocenters. The van der Waals surface area contributed by atoms with E-state index in [0.29, 0.717) is 51.7 Å². The molecular weight excluding hydrogens is 519 g/mol. The van der Waals surface area contributed by atoms with Gasteiger partial charge in [-0.1, -0.05) is 35.0 Å².